The number of amides is 1. The Kier molecular flexibility index (Phi) is 6.30. The van der Waals surface area contributed by atoms with Crippen LogP contribution in [0.4, 0.5) is 0 Å². The molecule has 0 spiro atoms. The van der Waals surface area contributed by atoms with Crippen molar-refractivity contribution in [1.29, 1.82) is 0 Å². The van der Waals surface area contributed by atoms with Crippen molar-refractivity contribution >= 4 is 23.4 Å². The van der Waals surface area contributed by atoms with Gasteiger partial charge in [0.05, 0.1) is 37.1 Å². The first-order valence-corrected chi connectivity index (χ1v) is 8.56. The zero-order chi connectivity index (χ0) is 18.9. The molecule has 4 aliphatic rings. The van der Waals surface area contributed by atoms with Crippen LogP contribution in [0.5, 0.6) is 0 Å². The molecule has 27 heavy (non-hydrogen) atoms. The Balaban J connectivity index is 1.81. The predicted molar refractivity (Wildman–Crippen MR) is 105 cm³/mol. The molecule has 138 valence electrons. The molecule has 4 heterocycles. The van der Waals surface area contributed by atoms with Crippen molar-refractivity contribution in [2.75, 3.05) is 6.54 Å². The molecule has 0 fully saturated rings. The number of aliphatic imine (C=N–C) groups is 3. The highest BCUT2D eigenvalue weighted by Crippen LogP contribution is 2.18. The SMILES string of the molecule is NC(=O)C1=NC=C2CC(=N2)OC=CC=CC=CCC2C=CCN=C2OC=C1. The number of primary amides is 1. The van der Waals surface area contributed by atoms with E-state index in [1.807, 2.05) is 30.4 Å². The van der Waals surface area contributed by atoms with Crippen molar-refractivity contribution in [1.82, 2.24) is 0 Å². The Labute approximate surface area is 157 Å². The van der Waals surface area contributed by atoms with Gasteiger partial charge in [0.1, 0.15) is 5.71 Å². The Morgan fingerprint density at radius 2 is 1.96 bits per heavy atom. The van der Waals surface area contributed by atoms with Gasteiger partial charge in [0.15, 0.2) is 11.8 Å². The lowest BCUT2D eigenvalue weighted by molar-refractivity contribution is -0.111. The predicted octanol–water partition coefficient (Wildman–Crippen LogP) is 2.72. The van der Waals surface area contributed by atoms with Crippen molar-refractivity contribution in [2.24, 2.45) is 26.6 Å². The Morgan fingerprint density at radius 3 is 2.81 bits per heavy atom. The number of nitrogens with zero attached hydrogens (tertiary/aromatic N) is 3. The zero-order valence-electron chi connectivity index (χ0n) is 14.7. The minimum absolute atomic E-state index is 0.0347. The van der Waals surface area contributed by atoms with E-state index in [-0.39, 0.29) is 11.6 Å². The number of hydrogen-bond acceptors (Lipinski definition) is 6. The van der Waals surface area contributed by atoms with Gasteiger partial charge < -0.3 is 15.2 Å². The Bertz CT molecular complexity index is 854. The van der Waals surface area contributed by atoms with E-state index >= 15 is 0 Å². The normalized spacial score (nSPS) is 22.3. The van der Waals surface area contributed by atoms with Crippen LogP contribution < -0.4 is 5.73 Å². The van der Waals surface area contributed by atoms with Gasteiger partial charge in [-0.05, 0) is 12.5 Å². The summed E-state index contributed by atoms with van der Waals surface area (Å²) >= 11 is 0. The van der Waals surface area contributed by atoms with Crippen molar-refractivity contribution in [3.8, 4) is 0 Å². The number of allylic oxidation sites excluding steroid dienone is 5. The van der Waals surface area contributed by atoms with Crippen LogP contribution in [0.2, 0.25) is 0 Å². The Hall–Kier alpha value is -3.48. The summed E-state index contributed by atoms with van der Waals surface area (Å²) in [6.45, 7) is 0.567. The molecule has 0 saturated carbocycles. The van der Waals surface area contributed by atoms with E-state index < -0.39 is 5.91 Å². The summed E-state index contributed by atoms with van der Waals surface area (Å²) < 4.78 is 11.0. The number of hydrogen-bond donors (Lipinski definition) is 1. The molecule has 0 aromatic heterocycles. The Morgan fingerprint density at radius 1 is 1.11 bits per heavy atom. The van der Waals surface area contributed by atoms with Crippen LogP contribution in [0.25, 0.3) is 0 Å². The third-order valence-electron chi connectivity index (χ3n) is 3.80. The number of carbonyl (C=O) groups excluding carboxylic acids is 1. The summed E-state index contributed by atoms with van der Waals surface area (Å²) in [4.78, 5) is 24.2. The van der Waals surface area contributed by atoms with Gasteiger partial charge in [0.2, 0.25) is 0 Å². The summed E-state index contributed by atoms with van der Waals surface area (Å²) in [5.74, 6) is 0.552. The van der Waals surface area contributed by atoms with Crippen LogP contribution >= 0.6 is 0 Å². The lowest BCUT2D eigenvalue weighted by Crippen LogP contribution is -2.22. The highest BCUT2D eigenvalue weighted by molar-refractivity contribution is 6.42. The third kappa shape index (κ3) is 5.50. The fraction of sp³-hybridized carbons (Fsp3) is 0.200. The maximum Gasteiger partial charge on any atom is 0.267 e. The maximum atomic E-state index is 11.5. The molecule has 4 rings (SSSR count). The summed E-state index contributed by atoms with van der Waals surface area (Å²) in [5.41, 5.74) is 6.13. The minimum Gasteiger partial charge on any atom is -0.450 e. The van der Waals surface area contributed by atoms with Crippen LogP contribution in [0, 0.1) is 5.92 Å². The van der Waals surface area contributed by atoms with E-state index in [1.165, 1.54) is 18.5 Å². The van der Waals surface area contributed by atoms with Gasteiger partial charge in [-0.25, -0.2) is 9.98 Å². The molecule has 1 unspecified atom stereocenters. The fourth-order valence-corrected chi connectivity index (χ4v) is 2.41. The maximum absolute atomic E-state index is 11.5. The van der Waals surface area contributed by atoms with Crippen molar-refractivity contribution in [3.63, 3.8) is 0 Å². The van der Waals surface area contributed by atoms with Gasteiger partial charge in [-0.15, -0.1) is 0 Å². The standard InChI is InChI=1S/C20H20N4O3/c21-19(25)17-9-12-27-20-15(8-6-10-22-20)7-4-2-1-3-5-11-26-18-13-16(24-18)14-23-17/h1-6,8-9,11-12,14-15H,7,10,13H2,(H2,21,25). The first-order chi connectivity index (χ1) is 13.2. The van der Waals surface area contributed by atoms with Gasteiger partial charge in [-0.3, -0.25) is 9.79 Å². The number of fused-ring (bicyclic) bond motifs is 7. The van der Waals surface area contributed by atoms with Gasteiger partial charge in [0.25, 0.3) is 5.91 Å². The average molecular weight is 364 g/mol. The van der Waals surface area contributed by atoms with E-state index in [0.29, 0.717) is 30.5 Å². The number of ether oxygens (including phenoxy) is 2. The second-order valence-electron chi connectivity index (χ2n) is 5.81. The molecule has 0 radical (unpaired) electrons. The topological polar surface area (TPSA) is 98.6 Å². The van der Waals surface area contributed by atoms with Crippen molar-refractivity contribution in [2.45, 2.75) is 12.8 Å². The molecule has 1 amide bonds. The summed E-state index contributed by atoms with van der Waals surface area (Å²) in [6.07, 6.45) is 20.7. The van der Waals surface area contributed by atoms with Gasteiger partial charge >= 0.3 is 0 Å². The van der Waals surface area contributed by atoms with Crippen LogP contribution in [-0.2, 0) is 14.3 Å². The highest BCUT2D eigenvalue weighted by Gasteiger charge is 2.16. The first kappa shape index (κ1) is 18.3. The molecule has 1 atom stereocenters. The van der Waals surface area contributed by atoms with E-state index in [2.05, 4.69) is 21.1 Å². The molecule has 2 N–H and O–H groups in total. The van der Waals surface area contributed by atoms with Crippen LogP contribution in [0.1, 0.15) is 12.8 Å². The summed E-state index contributed by atoms with van der Waals surface area (Å²) in [5, 5.41) is 0. The molecule has 7 heteroatoms. The molecule has 0 aromatic carbocycles. The lowest BCUT2D eigenvalue weighted by atomic mass is 10.0. The quantitative estimate of drug-likeness (QED) is 0.724. The zero-order valence-corrected chi connectivity index (χ0v) is 14.7. The summed E-state index contributed by atoms with van der Waals surface area (Å²) in [6, 6.07) is 0. The smallest absolute Gasteiger partial charge is 0.267 e. The van der Waals surface area contributed by atoms with E-state index in [9.17, 15) is 4.79 Å². The van der Waals surface area contributed by atoms with Crippen molar-refractivity contribution < 1.29 is 14.3 Å². The molecule has 0 aliphatic carbocycles. The number of dihydropyridines is 1. The van der Waals surface area contributed by atoms with E-state index in [0.717, 1.165) is 6.42 Å². The average Bonchev–Trinajstić information content (AvgIpc) is 2.63. The molecule has 7 nitrogen and oxygen atoms in total. The lowest BCUT2D eigenvalue weighted by Gasteiger charge is -2.16. The number of nitrogens with two attached hydrogens (primary N) is 1. The second kappa shape index (κ2) is 9.28. The molecule has 2 bridgehead atoms. The van der Waals surface area contributed by atoms with Gasteiger partial charge in [-0.1, -0.05) is 36.5 Å². The van der Waals surface area contributed by atoms with E-state index in [1.54, 1.807) is 12.3 Å². The monoisotopic (exact) mass is 364 g/mol. The van der Waals surface area contributed by atoms with Gasteiger partial charge in [-0.2, -0.15) is 0 Å². The van der Waals surface area contributed by atoms with Crippen LogP contribution in [0.3, 0.4) is 0 Å². The van der Waals surface area contributed by atoms with Crippen LogP contribution in [0.15, 0.2) is 88.0 Å². The first-order valence-electron chi connectivity index (χ1n) is 8.56. The molecular formula is C20H20N4O3. The molecular weight excluding hydrogens is 344 g/mol. The van der Waals surface area contributed by atoms with Gasteiger partial charge in [0, 0.05) is 12.3 Å². The molecule has 0 aromatic rings. The number of carbonyl (C=O) groups is 1. The van der Waals surface area contributed by atoms with Crippen molar-refractivity contribution in [3.05, 3.63) is 73.0 Å². The highest BCUT2D eigenvalue weighted by atomic mass is 16.5. The summed E-state index contributed by atoms with van der Waals surface area (Å²) in [7, 11) is 0. The molecule has 4 aliphatic heterocycles. The van der Waals surface area contributed by atoms with E-state index in [4.69, 9.17) is 15.2 Å². The minimum atomic E-state index is -0.656. The number of rotatable bonds is 1. The second-order valence-corrected chi connectivity index (χ2v) is 5.81. The largest absolute Gasteiger partial charge is 0.450 e. The fourth-order valence-electron chi connectivity index (χ4n) is 2.41. The van der Waals surface area contributed by atoms with Crippen LogP contribution in [-0.4, -0.2) is 30.0 Å². The third-order valence-corrected chi connectivity index (χ3v) is 3.80. The molecule has 0 saturated heterocycles.